The van der Waals surface area contributed by atoms with Crippen LogP contribution in [0.15, 0.2) is 145 Å². The maximum atomic E-state index is 11.3. The van der Waals surface area contributed by atoms with Crippen LogP contribution in [0.4, 0.5) is 0 Å². The maximum absolute atomic E-state index is 11.3. The van der Waals surface area contributed by atoms with Gasteiger partial charge in [0.1, 0.15) is 11.6 Å². The second-order valence-corrected chi connectivity index (χ2v) is 15.2. The summed E-state index contributed by atoms with van der Waals surface area (Å²) in [6.45, 7) is 3.91. The number of hydrogen-bond donors (Lipinski definition) is 2. The number of carbonyl (C=O) groups excluding carboxylic acids is 1. The molecule has 3 aliphatic rings. The van der Waals surface area contributed by atoms with E-state index in [9.17, 15) is 4.79 Å². The predicted molar refractivity (Wildman–Crippen MR) is 238 cm³/mol. The van der Waals surface area contributed by atoms with E-state index in [0.717, 1.165) is 86.0 Å². The van der Waals surface area contributed by atoms with E-state index in [1.165, 1.54) is 0 Å². The topological polar surface area (TPSA) is 157 Å². The number of rotatable bonds is 11. The van der Waals surface area contributed by atoms with E-state index >= 15 is 0 Å². The lowest BCUT2D eigenvalue weighted by atomic mass is 9.92. The minimum Gasteiger partial charge on any atom is -0.493 e. The molecule has 7 heterocycles. The lowest BCUT2D eigenvalue weighted by molar-refractivity contribution is -0.532. The van der Waals surface area contributed by atoms with Gasteiger partial charge in [0.15, 0.2) is 23.4 Å². The van der Waals surface area contributed by atoms with Gasteiger partial charge in [0.05, 0.1) is 40.5 Å². The van der Waals surface area contributed by atoms with Crippen molar-refractivity contribution >= 4 is 28.1 Å². The number of allylic oxidation sites excluding steroid dienone is 2. The first kappa shape index (κ1) is 39.7. The Labute approximate surface area is 358 Å². The van der Waals surface area contributed by atoms with Gasteiger partial charge < -0.3 is 29.8 Å². The number of aryl methyl sites for hydroxylation is 1. The zero-order chi connectivity index (χ0) is 42.6. The molecule has 0 fully saturated rings. The zero-order valence-corrected chi connectivity index (χ0v) is 34.5. The van der Waals surface area contributed by atoms with Gasteiger partial charge in [-0.25, -0.2) is 4.98 Å². The fraction of sp³-hybridized carbons (Fsp3) is 0.163. The van der Waals surface area contributed by atoms with Crippen LogP contribution in [0.2, 0.25) is 0 Å². The molecule has 7 aromatic rings. The number of primary amides is 1. The Kier molecular flexibility index (Phi) is 11.2. The number of imidazole rings is 1. The number of carbonyl (C=O) groups is 1. The molecule has 62 heavy (non-hydrogen) atoms. The first-order chi connectivity index (χ1) is 30.3. The Balaban J connectivity index is 0.000000159. The van der Waals surface area contributed by atoms with E-state index in [4.69, 9.17) is 35.0 Å². The number of nitrogens with zero attached hydrogens (tertiary/aromatic N) is 7. The van der Waals surface area contributed by atoms with Crippen molar-refractivity contribution in [2.24, 2.45) is 10.8 Å². The second kappa shape index (κ2) is 17.4. The van der Waals surface area contributed by atoms with Crippen LogP contribution in [0.25, 0.3) is 56.2 Å². The highest BCUT2D eigenvalue weighted by Crippen LogP contribution is 2.41. The summed E-state index contributed by atoms with van der Waals surface area (Å²) in [6.07, 6.45) is 12.9. The van der Waals surface area contributed by atoms with Gasteiger partial charge >= 0.3 is 0 Å². The monoisotopic (exact) mass is 822 g/mol. The predicted octanol–water partition coefficient (Wildman–Crippen LogP) is 8.70. The largest absolute Gasteiger partial charge is 0.493 e. The molecule has 1 unspecified atom stereocenters. The summed E-state index contributed by atoms with van der Waals surface area (Å²) < 4.78 is 18.9. The first-order valence-corrected chi connectivity index (χ1v) is 20.3. The summed E-state index contributed by atoms with van der Waals surface area (Å²) in [5, 5.41) is 6.01. The molecule has 0 saturated heterocycles. The van der Waals surface area contributed by atoms with Crippen LogP contribution in [0.1, 0.15) is 33.7 Å². The maximum Gasteiger partial charge on any atom is 0.248 e. The average Bonchev–Trinajstić information content (AvgIpc) is 4.06. The fourth-order valence-corrected chi connectivity index (χ4v) is 7.55. The van der Waals surface area contributed by atoms with Crippen molar-refractivity contribution in [3.8, 4) is 51.3 Å². The first-order valence-electron chi connectivity index (χ1n) is 20.3. The Morgan fingerprint density at radius 1 is 0.871 bits per heavy atom. The number of aromatic amines is 1. The van der Waals surface area contributed by atoms with Crippen molar-refractivity contribution in [3.63, 3.8) is 0 Å². The average molecular weight is 823 g/mol. The third-order valence-corrected chi connectivity index (χ3v) is 10.6. The Morgan fingerprint density at radius 3 is 2.52 bits per heavy atom. The van der Waals surface area contributed by atoms with Crippen molar-refractivity contribution in [2.75, 3.05) is 34.0 Å². The molecule has 3 aromatic carbocycles. The number of fused-ring (bicyclic) bond motifs is 3. The van der Waals surface area contributed by atoms with Crippen LogP contribution in [-0.4, -0.2) is 80.5 Å². The van der Waals surface area contributed by atoms with Crippen molar-refractivity contribution in [1.29, 1.82) is 0 Å². The quantitative estimate of drug-likeness (QED) is 0.0963. The van der Waals surface area contributed by atoms with Gasteiger partial charge in [0.2, 0.25) is 18.7 Å². The number of nitrogens with one attached hydrogen (secondary N) is 1. The molecule has 308 valence electrons. The van der Waals surface area contributed by atoms with Crippen LogP contribution < -0.4 is 19.9 Å². The Hall–Kier alpha value is -7.77. The lowest BCUT2D eigenvalue weighted by Crippen LogP contribution is -2.18. The highest BCUT2D eigenvalue weighted by Gasteiger charge is 2.38. The van der Waals surface area contributed by atoms with E-state index in [1.807, 2.05) is 109 Å². The van der Waals surface area contributed by atoms with Crippen molar-refractivity contribution in [2.45, 2.75) is 19.4 Å². The number of amides is 1. The Morgan fingerprint density at radius 2 is 1.71 bits per heavy atom. The SMILES string of the molecule is Cc1cccc(C2=C(c3ccnc4cc(OCCCN(C)C)ccc34)C3C=CC=C[N+]3=N2)n1.NC(=O)c1ccc(-c2nc(-c3ccc4c(c3)OCO4)c(-c3ccccn3)[nH]2)cc1. The van der Waals surface area contributed by atoms with Gasteiger partial charge in [-0.05, 0) is 112 Å². The molecule has 0 aliphatic carbocycles. The lowest BCUT2D eigenvalue weighted by Gasteiger charge is -2.13. The molecule has 0 radical (unpaired) electrons. The second-order valence-electron chi connectivity index (χ2n) is 15.2. The molecule has 0 spiro atoms. The molecule has 1 amide bonds. The number of nitrogens with two attached hydrogens (primary N) is 1. The van der Waals surface area contributed by atoms with Gasteiger partial charge in [-0.1, -0.05) is 35.0 Å². The van der Waals surface area contributed by atoms with Gasteiger partial charge in [-0.2, -0.15) is 0 Å². The summed E-state index contributed by atoms with van der Waals surface area (Å²) in [6, 6.07) is 32.8. The van der Waals surface area contributed by atoms with Crippen LogP contribution in [0, 0.1) is 6.92 Å². The van der Waals surface area contributed by atoms with E-state index < -0.39 is 5.91 Å². The molecular weight excluding hydrogens is 779 g/mol. The summed E-state index contributed by atoms with van der Waals surface area (Å²) in [5.41, 5.74) is 15.7. The van der Waals surface area contributed by atoms with Gasteiger partial charge in [0.25, 0.3) is 0 Å². The number of azo groups is 2. The number of aromatic nitrogens is 5. The van der Waals surface area contributed by atoms with E-state index in [2.05, 4.69) is 58.2 Å². The van der Waals surface area contributed by atoms with Gasteiger partial charge in [-0.15, -0.1) is 0 Å². The Bertz CT molecular complexity index is 2920. The van der Waals surface area contributed by atoms with E-state index in [0.29, 0.717) is 29.5 Å². The van der Waals surface area contributed by atoms with Gasteiger partial charge in [-0.3, -0.25) is 19.7 Å². The summed E-state index contributed by atoms with van der Waals surface area (Å²) in [4.78, 5) is 35.6. The summed E-state index contributed by atoms with van der Waals surface area (Å²) >= 11 is 0. The third-order valence-electron chi connectivity index (χ3n) is 10.6. The fourth-order valence-electron chi connectivity index (χ4n) is 7.55. The minimum absolute atomic E-state index is 0.0277. The molecule has 3 N–H and O–H groups in total. The van der Waals surface area contributed by atoms with Crippen molar-refractivity contribution < 1.29 is 23.7 Å². The van der Waals surface area contributed by atoms with E-state index in [1.54, 1.807) is 18.3 Å². The number of benzene rings is 3. The zero-order valence-electron chi connectivity index (χ0n) is 34.5. The molecule has 0 saturated carbocycles. The van der Waals surface area contributed by atoms with Crippen LogP contribution in [0.3, 0.4) is 0 Å². The number of pyridine rings is 3. The standard InChI is InChI=1S/C27H28N5O.C22H16N4O3/c1-19-8-6-9-23(29-19)27-26(25-10-4-5-16-32(25)30-27)22-13-14-28-24-18-20(11-12-21(22)24)33-17-7-15-31(2)3;23-21(27)13-4-6-14(7-5-13)22-25-19(20(26-22)16-3-1-2-10-24-16)15-8-9-17-18(11-15)29-12-28-17/h4-6,8-14,16,18,25H,7,15,17H2,1-3H3;1-11H,12H2,(H2,23,27)(H,25,26)/q+1;. The highest BCUT2D eigenvalue weighted by atomic mass is 16.7. The highest BCUT2D eigenvalue weighted by molar-refractivity contribution is 6.02. The van der Waals surface area contributed by atoms with Crippen LogP contribution in [-0.2, 0) is 0 Å². The summed E-state index contributed by atoms with van der Waals surface area (Å²) in [7, 11) is 4.15. The molecule has 4 aromatic heterocycles. The summed E-state index contributed by atoms with van der Waals surface area (Å²) in [5.74, 6) is 2.44. The number of hydrogen-bond acceptors (Lipinski definition) is 10. The minimum atomic E-state index is -0.466. The molecule has 13 heteroatoms. The molecule has 10 rings (SSSR count). The molecule has 3 aliphatic heterocycles. The number of ether oxygens (including phenoxy) is 3. The van der Waals surface area contributed by atoms with Crippen molar-refractivity contribution in [3.05, 3.63) is 162 Å². The molecule has 0 bridgehead atoms. The normalized spacial score (nSPS) is 14.8. The van der Waals surface area contributed by atoms with Crippen molar-refractivity contribution in [1.82, 2.24) is 29.8 Å². The molecule has 1 atom stereocenters. The third kappa shape index (κ3) is 8.34. The van der Waals surface area contributed by atoms with Crippen LogP contribution >= 0.6 is 0 Å². The van der Waals surface area contributed by atoms with E-state index in [-0.39, 0.29) is 12.8 Å². The number of H-pyrrole nitrogens is 1. The smallest absolute Gasteiger partial charge is 0.248 e. The molecular formula is C49H44N9O4+. The van der Waals surface area contributed by atoms with Gasteiger partial charge in [0, 0.05) is 64.0 Å². The molecule has 13 nitrogen and oxygen atoms in total. The van der Waals surface area contributed by atoms with Crippen LogP contribution in [0.5, 0.6) is 17.2 Å².